The largest absolute Gasteiger partial charge is 0.586 e. The van der Waals surface area contributed by atoms with Crippen molar-refractivity contribution in [3.63, 3.8) is 0 Å². The molecule has 0 bridgehead atoms. The summed E-state index contributed by atoms with van der Waals surface area (Å²) in [5.74, 6) is 0.427. The Hall–Kier alpha value is -3.33. The van der Waals surface area contributed by atoms with Crippen LogP contribution in [-0.4, -0.2) is 83.3 Å². The van der Waals surface area contributed by atoms with Gasteiger partial charge >= 0.3 is 6.29 Å². The smallest absolute Gasteiger partial charge is 0.395 e. The van der Waals surface area contributed by atoms with Crippen LogP contribution in [0.1, 0.15) is 17.0 Å². The average molecular weight is 595 g/mol. The van der Waals surface area contributed by atoms with E-state index in [0.717, 1.165) is 45.7 Å². The van der Waals surface area contributed by atoms with Crippen molar-refractivity contribution in [2.75, 3.05) is 62.3 Å². The van der Waals surface area contributed by atoms with Crippen molar-refractivity contribution in [1.82, 2.24) is 24.8 Å². The second-order valence-corrected chi connectivity index (χ2v) is 10.8. The molecule has 5 rings (SSSR count). The summed E-state index contributed by atoms with van der Waals surface area (Å²) in [5, 5.41) is 9.46. The topological polar surface area (TPSA) is 117 Å². The standard InChI is InChI=1S/C25H29ClF2N8O3S/c1-35-7-9-36(10-8-35)6-2-5-29-24-33-17(12-21(26)34-24)14-30-23-20(40-15-31-23)13-22(37)32-16-3-4-18-19(11-16)39-25(27,28)38-18/h3-4,11-12,15,30H,2,5-10,13-14H2,1H3,(H,32,37)(H,29,33,34). The third-order valence-electron chi connectivity index (χ3n) is 6.36. The average Bonchev–Trinajstić information content (AvgIpc) is 3.47. The van der Waals surface area contributed by atoms with E-state index in [2.05, 4.69) is 57.2 Å². The van der Waals surface area contributed by atoms with Gasteiger partial charge in [0, 0.05) is 44.5 Å². The van der Waals surface area contributed by atoms with Crippen LogP contribution in [0, 0.1) is 0 Å². The maximum Gasteiger partial charge on any atom is 0.586 e. The molecule has 11 nitrogen and oxygen atoms in total. The zero-order chi connectivity index (χ0) is 28.1. The first-order valence-corrected chi connectivity index (χ1v) is 14.0. The Morgan fingerprint density at radius 3 is 2.75 bits per heavy atom. The molecule has 4 heterocycles. The number of alkyl halides is 2. The molecule has 1 aromatic carbocycles. The second kappa shape index (κ2) is 12.5. The van der Waals surface area contributed by atoms with Crippen LogP contribution < -0.4 is 25.4 Å². The van der Waals surface area contributed by atoms with Gasteiger partial charge < -0.3 is 35.2 Å². The van der Waals surface area contributed by atoms with Gasteiger partial charge in [-0.3, -0.25) is 4.79 Å². The van der Waals surface area contributed by atoms with E-state index in [0.29, 0.717) is 39.7 Å². The molecule has 15 heteroatoms. The summed E-state index contributed by atoms with van der Waals surface area (Å²) >= 11 is 7.55. The van der Waals surface area contributed by atoms with Crippen molar-refractivity contribution >= 4 is 46.3 Å². The Bertz CT molecular complexity index is 1340. The summed E-state index contributed by atoms with van der Waals surface area (Å²) in [6.07, 6.45) is -2.72. The first kappa shape index (κ1) is 28.2. The number of fused-ring (bicyclic) bond motifs is 1. The van der Waals surface area contributed by atoms with Crippen LogP contribution in [0.4, 0.5) is 26.2 Å². The molecule has 2 aliphatic rings. The Balaban J connectivity index is 1.10. The van der Waals surface area contributed by atoms with E-state index in [4.69, 9.17) is 11.6 Å². The molecule has 0 aliphatic carbocycles. The summed E-state index contributed by atoms with van der Waals surface area (Å²) in [5.41, 5.74) is 2.61. The fraction of sp³-hybridized carbons (Fsp3) is 0.440. The molecule has 3 N–H and O–H groups in total. The van der Waals surface area contributed by atoms with Gasteiger partial charge in [-0.05, 0) is 38.2 Å². The van der Waals surface area contributed by atoms with E-state index in [1.165, 1.54) is 29.5 Å². The number of rotatable bonds is 11. The summed E-state index contributed by atoms with van der Waals surface area (Å²) in [4.78, 5) is 31.3. The first-order valence-electron chi connectivity index (χ1n) is 12.8. The number of carbonyl (C=O) groups excluding carboxylic acids is 1. The molecule has 1 saturated heterocycles. The Morgan fingerprint density at radius 2 is 1.93 bits per heavy atom. The van der Waals surface area contributed by atoms with Crippen molar-refractivity contribution in [3.8, 4) is 11.5 Å². The molecular weight excluding hydrogens is 566 g/mol. The Labute approximate surface area is 238 Å². The molecule has 0 unspecified atom stereocenters. The van der Waals surface area contributed by atoms with Crippen LogP contribution in [0.25, 0.3) is 0 Å². The number of hydrogen-bond acceptors (Lipinski definition) is 11. The van der Waals surface area contributed by atoms with E-state index in [1.54, 1.807) is 11.6 Å². The van der Waals surface area contributed by atoms with Crippen molar-refractivity contribution in [1.29, 1.82) is 0 Å². The first-order chi connectivity index (χ1) is 19.2. The second-order valence-electron chi connectivity index (χ2n) is 9.46. The molecule has 0 spiro atoms. The number of hydrogen-bond donors (Lipinski definition) is 3. The number of piperazine rings is 1. The van der Waals surface area contributed by atoms with Crippen molar-refractivity contribution in [3.05, 3.63) is 45.5 Å². The van der Waals surface area contributed by atoms with Gasteiger partial charge in [-0.1, -0.05) is 11.6 Å². The van der Waals surface area contributed by atoms with E-state index in [1.807, 2.05) is 0 Å². The molecule has 40 heavy (non-hydrogen) atoms. The van der Waals surface area contributed by atoms with E-state index < -0.39 is 6.29 Å². The highest BCUT2D eigenvalue weighted by molar-refractivity contribution is 7.10. The lowest BCUT2D eigenvalue weighted by atomic mass is 10.2. The zero-order valence-corrected chi connectivity index (χ0v) is 23.3. The van der Waals surface area contributed by atoms with Crippen LogP contribution in [0.15, 0.2) is 29.8 Å². The number of likely N-dealkylation sites (N-methyl/N-ethyl adjacent to an activating group) is 1. The molecule has 2 aromatic heterocycles. The third-order valence-corrected chi connectivity index (χ3v) is 7.39. The number of amides is 1. The minimum Gasteiger partial charge on any atom is -0.395 e. The predicted molar refractivity (Wildman–Crippen MR) is 149 cm³/mol. The minimum absolute atomic E-state index is 0.0300. The number of benzene rings is 1. The van der Waals surface area contributed by atoms with Gasteiger partial charge in [-0.2, -0.15) is 0 Å². The molecule has 0 saturated carbocycles. The molecular formula is C25H29ClF2N8O3S. The number of aromatic nitrogens is 3. The fourth-order valence-electron chi connectivity index (χ4n) is 4.30. The van der Waals surface area contributed by atoms with Gasteiger partial charge in [0.2, 0.25) is 11.9 Å². The van der Waals surface area contributed by atoms with Gasteiger partial charge in [0.05, 0.1) is 29.0 Å². The normalized spacial score (nSPS) is 16.6. The molecule has 1 fully saturated rings. The summed E-state index contributed by atoms with van der Waals surface area (Å²) in [6.45, 7) is 6.43. The van der Waals surface area contributed by atoms with Crippen molar-refractivity contribution < 1.29 is 23.0 Å². The molecule has 1 amide bonds. The summed E-state index contributed by atoms with van der Waals surface area (Å²) in [7, 11) is 2.14. The quantitative estimate of drug-likeness (QED) is 0.224. The van der Waals surface area contributed by atoms with Gasteiger partial charge in [-0.25, -0.2) is 15.0 Å². The lowest BCUT2D eigenvalue weighted by molar-refractivity contribution is -0.286. The Kier molecular flexibility index (Phi) is 8.78. The molecule has 0 atom stereocenters. The molecule has 214 valence electrons. The van der Waals surface area contributed by atoms with Gasteiger partial charge in [0.1, 0.15) is 11.0 Å². The van der Waals surface area contributed by atoms with Crippen LogP contribution in [-0.2, 0) is 17.8 Å². The Morgan fingerprint density at radius 1 is 1.12 bits per heavy atom. The number of nitrogens with one attached hydrogen (secondary N) is 3. The zero-order valence-electron chi connectivity index (χ0n) is 21.8. The summed E-state index contributed by atoms with van der Waals surface area (Å²) < 4.78 is 35.3. The number of anilines is 3. The van der Waals surface area contributed by atoms with Crippen LogP contribution in [0.3, 0.4) is 0 Å². The highest BCUT2D eigenvalue weighted by Gasteiger charge is 2.43. The van der Waals surface area contributed by atoms with E-state index in [9.17, 15) is 13.6 Å². The van der Waals surface area contributed by atoms with Gasteiger partial charge in [-0.15, -0.1) is 20.1 Å². The van der Waals surface area contributed by atoms with Crippen molar-refractivity contribution in [2.45, 2.75) is 25.7 Å². The monoisotopic (exact) mass is 594 g/mol. The highest BCUT2D eigenvalue weighted by atomic mass is 35.5. The maximum atomic E-state index is 13.2. The number of ether oxygens (including phenoxy) is 2. The maximum absolute atomic E-state index is 13.2. The SMILES string of the molecule is CN1CCN(CCCNc2nc(Cl)cc(CNc3ncsc3CC(=O)Nc3ccc4c(c3)OC(F)(F)O4)n2)CC1. The fourth-order valence-corrected chi connectivity index (χ4v) is 5.24. The van der Waals surface area contributed by atoms with E-state index in [-0.39, 0.29) is 23.8 Å². The number of thiazole rings is 1. The van der Waals surface area contributed by atoms with Crippen LogP contribution >= 0.6 is 22.9 Å². The van der Waals surface area contributed by atoms with Crippen molar-refractivity contribution in [2.24, 2.45) is 0 Å². The number of nitrogens with zero attached hydrogens (tertiary/aromatic N) is 5. The molecule has 3 aromatic rings. The molecule has 2 aliphatic heterocycles. The number of halogens is 3. The highest BCUT2D eigenvalue weighted by Crippen LogP contribution is 2.42. The lowest BCUT2D eigenvalue weighted by Gasteiger charge is -2.32. The lowest BCUT2D eigenvalue weighted by Crippen LogP contribution is -2.44. The van der Waals surface area contributed by atoms with Gasteiger partial charge in [0.15, 0.2) is 11.5 Å². The summed E-state index contributed by atoms with van der Waals surface area (Å²) in [6, 6.07) is 5.74. The molecule has 0 radical (unpaired) electrons. The third kappa shape index (κ3) is 7.65. The van der Waals surface area contributed by atoms with E-state index >= 15 is 0 Å². The van der Waals surface area contributed by atoms with Crippen LogP contribution in [0.5, 0.6) is 11.5 Å². The predicted octanol–water partition coefficient (Wildman–Crippen LogP) is 3.75. The minimum atomic E-state index is -3.72. The number of carbonyl (C=O) groups is 1. The van der Waals surface area contributed by atoms with Crippen LogP contribution in [0.2, 0.25) is 5.15 Å². The van der Waals surface area contributed by atoms with Gasteiger partial charge in [0.25, 0.3) is 0 Å².